The van der Waals surface area contributed by atoms with Gasteiger partial charge in [0.1, 0.15) is 5.82 Å². The second-order valence-electron chi connectivity index (χ2n) is 6.56. The average Bonchev–Trinajstić information content (AvgIpc) is 3.21. The number of fused-ring (bicyclic) bond motifs is 1. The molecule has 0 radical (unpaired) electrons. The van der Waals surface area contributed by atoms with Crippen molar-refractivity contribution in [3.8, 4) is 0 Å². The van der Waals surface area contributed by atoms with Crippen LogP contribution in [-0.4, -0.2) is 23.8 Å². The van der Waals surface area contributed by atoms with Crippen molar-refractivity contribution in [3.05, 3.63) is 86.8 Å². The number of benzene rings is 2. The van der Waals surface area contributed by atoms with Gasteiger partial charge < -0.3 is 10.2 Å². The van der Waals surface area contributed by atoms with E-state index >= 15 is 0 Å². The zero-order valence-electron chi connectivity index (χ0n) is 14.9. The quantitative estimate of drug-likeness (QED) is 0.649. The Labute approximate surface area is 170 Å². The molecule has 1 aromatic heterocycles. The summed E-state index contributed by atoms with van der Waals surface area (Å²) in [6, 6.07) is 14.6. The van der Waals surface area contributed by atoms with Gasteiger partial charge in [0.25, 0.3) is 5.91 Å². The zero-order chi connectivity index (χ0) is 19.8. The summed E-state index contributed by atoms with van der Waals surface area (Å²) in [6.45, 7) is 0. The molecule has 2 aromatic carbocycles. The Hall–Kier alpha value is -2.70. The molecule has 3 aromatic rings. The molecule has 0 unspecified atom stereocenters. The van der Waals surface area contributed by atoms with Gasteiger partial charge in [-0.15, -0.1) is 11.3 Å². The SMILES string of the molecule is CN1C(=O)c2ccccc2[C@H](C(=O)Nc2ccc(F)c(Cl)c2)[C@@H]1c1cccs1. The molecule has 2 heterocycles. The molecule has 0 saturated heterocycles. The molecule has 1 aliphatic rings. The third kappa shape index (κ3) is 3.19. The lowest BCUT2D eigenvalue weighted by Gasteiger charge is -2.39. The van der Waals surface area contributed by atoms with Crippen LogP contribution in [0.2, 0.25) is 5.02 Å². The van der Waals surface area contributed by atoms with E-state index in [0.29, 0.717) is 16.8 Å². The Kier molecular flexibility index (Phi) is 4.91. The van der Waals surface area contributed by atoms with Crippen molar-refractivity contribution in [1.29, 1.82) is 0 Å². The molecule has 0 fully saturated rings. The van der Waals surface area contributed by atoms with Crippen molar-refractivity contribution in [2.75, 3.05) is 12.4 Å². The molecule has 0 saturated carbocycles. The number of nitrogens with zero attached hydrogens (tertiary/aromatic N) is 1. The van der Waals surface area contributed by atoms with Gasteiger partial charge in [-0.1, -0.05) is 35.9 Å². The highest BCUT2D eigenvalue weighted by atomic mass is 35.5. The van der Waals surface area contributed by atoms with Gasteiger partial charge in [0.05, 0.1) is 17.0 Å². The molecule has 0 bridgehead atoms. The molecule has 7 heteroatoms. The molecule has 2 amide bonds. The van der Waals surface area contributed by atoms with E-state index in [4.69, 9.17) is 11.6 Å². The number of carbonyl (C=O) groups excluding carboxylic acids is 2. The second-order valence-corrected chi connectivity index (χ2v) is 7.95. The zero-order valence-corrected chi connectivity index (χ0v) is 16.4. The highest BCUT2D eigenvalue weighted by Crippen LogP contribution is 2.43. The normalized spacial score (nSPS) is 18.7. The monoisotopic (exact) mass is 414 g/mol. The maximum Gasteiger partial charge on any atom is 0.254 e. The van der Waals surface area contributed by atoms with E-state index in [1.807, 2.05) is 29.6 Å². The number of carbonyl (C=O) groups is 2. The first kappa shape index (κ1) is 18.7. The minimum absolute atomic E-state index is 0.0658. The summed E-state index contributed by atoms with van der Waals surface area (Å²) in [4.78, 5) is 28.7. The molecule has 1 aliphatic heterocycles. The summed E-state index contributed by atoms with van der Waals surface area (Å²) in [5, 5.41) is 4.68. The summed E-state index contributed by atoms with van der Waals surface area (Å²) < 4.78 is 13.4. The maximum absolute atomic E-state index is 13.4. The van der Waals surface area contributed by atoms with Gasteiger partial charge >= 0.3 is 0 Å². The Morgan fingerprint density at radius 1 is 1.18 bits per heavy atom. The van der Waals surface area contributed by atoms with Crippen LogP contribution in [0.4, 0.5) is 10.1 Å². The van der Waals surface area contributed by atoms with Crippen LogP contribution in [0.5, 0.6) is 0 Å². The third-order valence-electron chi connectivity index (χ3n) is 4.88. The van der Waals surface area contributed by atoms with Crippen LogP contribution in [0.1, 0.15) is 32.8 Å². The van der Waals surface area contributed by atoms with Crippen LogP contribution in [0.3, 0.4) is 0 Å². The Balaban J connectivity index is 1.78. The highest BCUT2D eigenvalue weighted by molar-refractivity contribution is 7.10. The molecule has 0 spiro atoms. The number of amides is 2. The standard InChI is InChI=1S/C21H16ClFN2O2S/c1-25-19(17-7-4-10-28-17)18(13-5-2-3-6-14(13)21(25)27)20(26)24-12-8-9-16(23)15(22)11-12/h2-11,18-19H,1H3,(H,24,26)/t18-,19-/m0/s1. The lowest BCUT2D eigenvalue weighted by molar-refractivity contribution is -0.119. The van der Waals surface area contributed by atoms with Crippen LogP contribution in [0.15, 0.2) is 60.0 Å². The molecule has 28 heavy (non-hydrogen) atoms. The largest absolute Gasteiger partial charge is 0.333 e. The van der Waals surface area contributed by atoms with Crippen molar-refractivity contribution in [2.45, 2.75) is 12.0 Å². The smallest absolute Gasteiger partial charge is 0.254 e. The summed E-state index contributed by atoms with van der Waals surface area (Å²) in [5.74, 6) is -1.57. The second kappa shape index (κ2) is 7.37. The number of thiophene rings is 1. The third-order valence-corrected chi connectivity index (χ3v) is 6.12. The summed E-state index contributed by atoms with van der Waals surface area (Å²) in [6.07, 6.45) is 0. The van der Waals surface area contributed by atoms with E-state index in [1.54, 1.807) is 24.1 Å². The lowest BCUT2D eigenvalue weighted by Crippen LogP contribution is -2.43. The molecule has 0 aliphatic carbocycles. The topological polar surface area (TPSA) is 49.4 Å². The Morgan fingerprint density at radius 3 is 2.68 bits per heavy atom. The summed E-state index contributed by atoms with van der Waals surface area (Å²) >= 11 is 7.34. The molecule has 2 atom stereocenters. The molecule has 4 nitrogen and oxygen atoms in total. The first-order chi connectivity index (χ1) is 13.5. The predicted molar refractivity (Wildman–Crippen MR) is 108 cm³/mol. The first-order valence-electron chi connectivity index (χ1n) is 8.63. The summed E-state index contributed by atoms with van der Waals surface area (Å²) in [5.41, 5.74) is 1.59. The molecule has 142 valence electrons. The van der Waals surface area contributed by atoms with Crippen molar-refractivity contribution in [2.24, 2.45) is 0 Å². The average molecular weight is 415 g/mol. The molecular weight excluding hydrogens is 399 g/mol. The van der Waals surface area contributed by atoms with Crippen LogP contribution in [-0.2, 0) is 4.79 Å². The van der Waals surface area contributed by atoms with E-state index in [9.17, 15) is 14.0 Å². The number of anilines is 1. The van der Waals surface area contributed by atoms with Gasteiger partial charge in [-0.3, -0.25) is 9.59 Å². The van der Waals surface area contributed by atoms with Crippen LogP contribution >= 0.6 is 22.9 Å². The maximum atomic E-state index is 13.4. The fourth-order valence-electron chi connectivity index (χ4n) is 3.57. The van der Waals surface area contributed by atoms with Crippen molar-refractivity contribution in [3.63, 3.8) is 0 Å². The number of hydrogen-bond acceptors (Lipinski definition) is 3. The van der Waals surface area contributed by atoms with Crippen molar-refractivity contribution < 1.29 is 14.0 Å². The minimum Gasteiger partial charge on any atom is -0.333 e. The fraction of sp³-hybridized carbons (Fsp3) is 0.143. The van der Waals surface area contributed by atoms with E-state index in [-0.39, 0.29) is 16.8 Å². The number of hydrogen-bond donors (Lipinski definition) is 1. The number of nitrogens with one attached hydrogen (secondary N) is 1. The van der Waals surface area contributed by atoms with Crippen LogP contribution in [0.25, 0.3) is 0 Å². The number of rotatable bonds is 3. The molecule has 4 rings (SSSR count). The molecular formula is C21H16ClFN2O2S. The van der Waals surface area contributed by atoms with E-state index in [0.717, 1.165) is 4.88 Å². The minimum atomic E-state index is -0.610. The van der Waals surface area contributed by atoms with Gasteiger partial charge in [0.2, 0.25) is 5.91 Å². The van der Waals surface area contributed by atoms with Crippen molar-refractivity contribution >= 4 is 40.4 Å². The Bertz CT molecular complexity index is 1050. The number of likely N-dealkylation sites (N-methyl/N-ethyl adjacent to an activating group) is 1. The van der Waals surface area contributed by atoms with Gasteiger partial charge in [-0.05, 0) is 41.3 Å². The summed E-state index contributed by atoms with van der Waals surface area (Å²) in [7, 11) is 1.71. The predicted octanol–water partition coefficient (Wildman–Crippen LogP) is 5.09. The van der Waals surface area contributed by atoms with Gasteiger partial charge in [-0.25, -0.2) is 4.39 Å². The van der Waals surface area contributed by atoms with Crippen LogP contribution in [0, 0.1) is 5.82 Å². The fourth-order valence-corrected chi connectivity index (χ4v) is 4.65. The first-order valence-corrected chi connectivity index (χ1v) is 9.88. The van der Waals surface area contributed by atoms with Gasteiger partial charge in [0.15, 0.2) is 0 Å². The van der Waals surface area contributed by atoms with Crippen molar-refractivity contribution in [1.82, 2.24) is 4.90 Å². The van der Waals surface area contributed by atoms with Gasteiger partial charge in [0, 0.05) is 23.2 Å². The lowest BCUT2D eigenvalue weighted by atomic mass is 9.81. The van der Waals surface area contributed by atoms with E-state index in [2.05, 4.69) is 5.32 Å². The number of halogens is 2. The highest BCUT2D eigenvalue weighted by Gasteiger charge is 2.43. The van der Waals surface area contributed by atoms with Crippen LogP contribution < -0.4 is 5.32 Å². The van der Waals surface area contributed by atoms with E-state index < -0.39 is 17.8 Å². The van der Waals surface area contributed by atoms with Gasteiger partial charge in [-0.2, -0.15) is 0 Å². The van der Waals surface area contributed by atoms with E-state index in [1.165, 1.54) is 29.5 Å². The Morgan fingerprint density at radius 2 is 1.96 bits per heavy atom. The molecule has 1 N–H and O–H groups in total.